The number of nitro groups is 1. The zero-order chi connectivity index (χ0) is 14.0. The summed E-state index contributed by atoms with van der Waals surface area (Å²) in [6.07, 6.45) is 0. The molecule has 0 fully saturated rings. The molecule has 0 N–H and O–H groups in total. The summed E-state index contributed by atoms with van der Waals surface area (Å²) in [5.74, 6) is 0.330. The number of nitrogens with zero attached hydrogens (tertiary/aromatic N) is 3. The molecule has 1 aromatic carbocycles. The van der Waals surface area contributed by atoms with Gasteiger partial charge >= 0.3 is 5.69 Å². The lowest BCUT2D eigenvalue weighted by Crippen LogP contribution is -1.98. The Labute approximate surface area is 114 Å². The van der Waals surface area contributed by atoms with Gasteiger partial charge < -0.3 is 4.74 Å². The highest BCUT2D eigenvalue weighted by atomic mass is 35.5. The van der Waals surface area contributed by atoms with Crippen LogP contribution < -0.4 is 4.74 Å². The van der Waals surface area contributed by atoms with Crippen molar-refractivity contribution in [3.63, 3.8) is 0 Å². The second kappa shape index (κ2) is 5.19. The molecule has 0 saturated heterocycles. The van der Waals surface area contributed by atoms with Crippen molar-refractivity contribution >= 4 is 17.3 Å². The normalized spacial score (nSPS) is 10.3. The van der Waals surface area contributed by atoms with E-state index in [1.807, 2.05) is 0 Å². The van der Waals surface area contributed by atoms with Gasteiger partial charge in [-0.25, -0.2) is 4.98 Å². The molecule has 19 heavy (non-hydrogen) atoms. The predicted molar refractivity (Wildman–Crippen MR) is 69.7 cm³/mol. The van der Waals surface area contributed by atoms with Gasteiger partial charge in [0.05, 0.1) is 4.92 Å². The average Bonchev–Trinajstić information content (AvgIpc) is 2.30. The monoisotopic (exact) mass is 279 g/mol. The Kier molecular flexibility index (Phi) is 3.62. The summed E-state index contributed by atoms with van der Waals surface area (Å²) in [6.45, 7) is 3.45. The van der Waals surface area contributed by atoms with Gasteiger partial charge in [-0.3, -0.25) is 10.1 Å². The Morgan fingerprint density at radius 3 is 2.68 bits per heavy atom. The van der Waals surface area contributed by atoms with Crippen LogP contribution in [0, 0.1) is 24.0 Å². The number of benzene rings is 1. The van der Waals surface area contributed by atoms with Gasteiger partial charge in [-0.15, -0.1) is 0 Å². The van der Waals surface area contributed by atoms with E-state index in [0.717, 1.165) is 0 Å². The first-order chi connectivity index (χ1) is 8.97. The zero-order valence-electron chi connectivity index (χ0n) is 10.3. The number of nitro benzene ring substituents is 1. The molecule has 7 heteroatoms. The van der Waals surface area contributed by atoms with Crippen LogP contribution in [0.1, 0.15) is 11.3 Å². The molecule has 0 radical (unpaired) electrons. The lowest BCUT2D eigenvalue weighted by Gasteiger charge is -2.08. The third-order valence-electron chi connectivity index (χ3n) is 2.40. The Balaban J connectivity index is 2.45. The number of hydrogen-bond acceptors (Lipinski definition) is 5. The largest absolute Gasteiger partial charge is 0.431 e. The Hall–Kier alpha value is -2.21. The molecular formula is C12H10ClN3O3. The van der Waals surface area contributed by atoms with Crippen molar-refractivity contribution in [3.05, 3.63) is 50.9 Å². The number of aryl methyl sites for hydroxylation is 2. The first-order valence-corrected chi connectivity index (χ1v) is 5.78. The number of ether oxygens (including phenoxy) is 1. The van der Waals surface area contributed by atoms with E-state index in [4.69, 9.17) is 16.3 Å². The quantitative estimate of drug-likeness (QED) is 0.488. The van der Waals surface area contributed by atoms with Gasteiger partial charge in [0.15, 0.2) is 0 Å². The molecule has 98 valence electrons. The van der Waals surface area contributed by atoms with E-state index in [2.05, 4.69) is 9.97 Å². The second-order valence-corrected chi connectivity index (χ2v) is 4.24. The van der Waals surface area contributed by atoms with Crippen molar-refractivity contribution in [2.75, 3.05) is 0 Å². The Morgan fingerprint density at radius 2 is 2.05 bits per heavy atom. The van der Waals surface area contributed by atoms with E-state index in [1.165, 1.54) is 6.07 Å². The summed E-state index contributed by atoms with van der Waals surface area (Å²) in [5.41, 5.74) is 1.14. The Morgan fingerprint density at radius 1 is 1.32 bits per heavy atom. The standard InChI is InChI=1S/C12H10ClN3O3/c1-7-4-3-5-9(16(17)18)11(7)19-10-6-8(2)14-12(13)15-10/h3-6H,1-2H3. The molecule has 0 unspecified atom stereocenters. The molecule has 0 amide bonds. The maximum atomic E-state index is 11.0. The highest BCUT2D eigenvalue weighted by molar-refractivity contribution is 6.28. The molecule has 2 rings (SSSR count). The van der Waals surface area contributed by atoms with Gasteiger partial charge in [-0.05, 0) is 31.0 Å². The Bertz CT molecular complexity index is 626. The van der Waals surface area contributed by atoms with Crippen LogP contribution in [0.5, 0.6) is 11.6 Å². The fourth-order valence-corrected chi connectivity index (χ4v) is 1.79. The van der Waals surface area contributed by atoms with Gasteiger partial charge in [0.2, 0.25) is 16.9 Å². The van der Waals surface area contributed by atoms with Crippen molar-refractivity contribution in [2.24, 2.45) is 0 Å². The minimum Gasteiger partial charge on any atom is -0.431 e. The van der Waals surface area contributed by atoms with Crippen molar-refractivity contribution in [1.29, 1.82) is 0 Å². The minimum atomic E-state index is -0.502. The van der Waals surface area contributed by atoms with Crippen molar-refractivity contribution in [2.45, 2.75) is 13.8 Å². The molecule has 1 heterocycles. The lowest BCUT2D eigenvalue weighted by molar-refractivity contribution is -0.385. The van der Waals surface area contributed by atoms with Crippen LogP contribution in [-0.4, -0.2) is 14.9 Å². The molecule has 1 aromatic heterocycles. The topological polar surface area (TPSA) is 78.2 Å². The van der Waals surface area contributed by atoms with Crippen LogP contribution in [-0.2, 0) is 0 Å². The summed E-state index contributed by atoms with van der Waals surface area (Å²) < 4.78 is 5.49. The SMILES string of the molecule is Cc1cc(Oc2c(C)cccc2[N+](=O)[O-])nc(Cl)n1. The molecule has 0 atom stereocenters. The number of aromatic nitrogens is 2. The van der Waals surface area contributed by atoms with Crippen LogP contribution in [0.25, 0.3) is 0 Å². The van der Waals surface area contributed by atoms with E-state index in [0.29, 0.717) is 11.3 Å². The summed E-state index contributed by atoms with van der Waals surface area (Å²) in [6, 6.07) is 6.25. The molecule has 0 bridgehead atoms. The zero-order valence-corrected chi connectivity index (χ0v) is 11.0. The van der Waals surface area contributed by atoms with Gasteiger partial charge in [0.25, 0.3) is 0 Å². The van der Waals surface area contributed by atoms with Crippen LogP contribution >= 0.6 is 11.6 Å². The summed E-state index contributed by atoms with van der Waals surface area (Å²) in [7, 11) is 0. The van der Waals surface area contributed by atoms with Crippen molar-refractivity contribution < 1.29 is 9.66 Å². The number of halogens is 1. The second-order valence-electron chi connectivity index (χ2n) is 3.90. The summed E-state index contributed by atoms with van der Waals surface area (Å²) in [5, 5.41) is 11.0. The smallest absolute Gasteiger partial charge is 0.311 e. The van der Waals surface area contributed by atoms with Crippen LogP contribution in [0.3, 0.4) is 0 Å². The molecule has 0 aliphatic carbocycles. The molecule has 0 aliphatic rings. The number of para-hydroxylation sites is 1. The van der Waals surface area contributed by atoms with E-state index in [-0.39, 0.29) is 22.6 Å². The van der Waals surface area contributed by atoms with Gasteiger partial charge in [0, 0.05) is 17.8 Å². The van der Waals surface area contributed by atoms with E-state index in [9.17, 15) is 10.1 Å². The van der Waals surface area contributed by atoms with Crippen molar-refractivity contribution in [1.82, 2.24) is 9.97 Å². The molecule has 2 aromatic rings. The van der Waals surface area contributed by atoms with Gasteiger partial charge in [-0.1, -0.05) is 12.1 Å². The molecule has 6 nitrogen and oxygen atoms in total. The maximum absolute atomic E-state index is 11.0. The summed E-state index contributed by atoms with van der Waals surface area (Å²) in [4.78, 5) is 18.2. The molecular weight excluding hydrogens is 270 g/mol. The minimum absolute atomic E-state index is 0.0336. The van der Waals surface area contributed by atoms with Crippen LogP contribution in [0.2, 0.25) is 5.28 Å². The first-order valence-electron chi connectivity index (χ1n) is 5.40. The summed E-state index contributed by atoms with van der Waals surface area (Å²) >= 11 is 5.72. The predicted octanol–water partition coefficient (Wildman–Crippen LogP) is 3.45. The fourth-order valence-electron chi connectivity index (χ4n) is 1.58. The van der Waals surface area contributed by atoms with Gasteiger partial charge in [-0.2, -0.15) is 4.98 Å². The van der Waals surface area contributed by atoms with Crippen LogP contribution in [0.15, 0.2) is 24.3 Å². The molecule has 0 saturated carbocycles. The number of hydrogen-bond donors (Lipinski definition) is 0. The highest BCUT2D eigenvalue weighted by Crippen LogP contribution is 2.33. The van der Waals surface area contributed by atoms with E-state index in [1.54, 1.807) is 32.0 Å². The molecule has 0 aliphatic heterocycles. The van der Waals surface area contributed by atoms with Gasteiger partial charge in [0.1, 0.15) is 0 Å². The lowest BCUT2D eigenvalue weighted by atomic mass is 10.2. The van der Waals surface area contributed by atoms with E-state index < -0.39 is 4.92 Å². The van der Waals surface area contributed by atoms with Crippen LogP contribution in [0.4, 0.5) is 5.69 Å². The number of rotatable bonds is 3. The molecule has 0 spiro atoms. The maximum Gasteiger partial charge on any atom is 0.311 e. The fraction of sp³-hybridized carbons (Fsp3) is 0.167. The van der Waals surface area contributed by atoms with E-state index >= 15 is 0 Å². The van der Waals surface area contributed by atoms with Crippen molar-refractivity contribution in [3.8, 4) is 11.6 Å². The highest BCUT2D eigenvalue weighted by Gasteiger charge is 2.18. The third kappa shape index (κ3) is 2.97. The third-order valence-corrected chi connectivity index (χ3v) is 2.57. The average molecular weight is 280 g/mol. The first kappa shape index (κ1) is 13.2.